The zero-order valence-corrected chi connectivity index (χ0v) is 16.4. The average molecular weight is 399 g/mol. The lowest BCUT2D eigenvalue weighted by Gasteiger charge is -2.09. The topological polar surface area (TPSA) is 80.3 Å². The lowest BCUT2D eigenvalue weighted by molar-refractivity contribution is 0.0949. The number of fused-ring (bicyclic) bond motifs is 1. The summed E-state index contributed by atoms with van der Waals surface area (Å²) in [4.78, 5) is 29.3. The van der Waals surface area contributed by atoms with Crippen molar-refractivity contribution < 1.29 is 14.3 Å². The first-order valence-electron chi connectivity index (χ1n) is 10.1. The van der Waals surface area contributed by atoms with Crippen molar-refractivity contribution in [2.75, 3.05) is 11.9 Å². The number of hydrogen-bond donors (Lipinski definition) is 2. The van der Waals surface area contributed by atoms with E-state index in [4.69, 9.17) is 4.74 Å². The predicted octanol–water partition coefficient (Wildman–Crippen LogP) is 3.83. The van der Waals surface area contributed by atoms with Gasteiger partial charge >= 0.3 is 0 Å². The molecule has 5 rings (SSSR count). The molecule has 0 saturated heterocycles. The number of aromatic nitrogens is 1. The van der Waals surface area contributed by atoms with E-state index >= 15 is 0 Å². The number of nitrogens with one attached hydrogen (secondary N) is 2. The third kappa shape index (κ3) is 3.89. The van der Waals surface area contributed by atoms with Crippen molar-refractivity contribution >= 4 is 17.6 Å². The van der Waals surface area contributed by atoms with Gasteiger partial charge < -0.3 is 15.4 Å². The van der Waals surface area contributed by atoms with E-state index in [1.54, 1.807) is 30.3 Å². The van der Waals surface area contributed by atoms with Crippen LogP contribution in [0.2, 0.25) is 0 Å². The Kier molecular flexibility index (Phi) is 4.67. The Morgan fingerprint density at radius 1 is 0.933 bits per heavy atom. The minimum Gasteiger partial charge on any atom is -0.493 e. The quantitative estimate of drug-likeness (QED) is 0.683. The van der Waals surface area contributed by atoms with Crippen molar-refractivity contribution in [2.45, 2.75) is 25.3 Å². The molecule has 2 amide bonds. The van der Waals surface area contributed by atoms with E-state index in [1.165, 1.54) is 5.56 Å². The van der Waals surface area contributed by atoms with Crippen molar-refractivity contribution in [3.8, 4) is 17.0 Å². The number of nitrogens with zero attached hydrogens (tertiary/aromatic N) is 1. The average Bonchev–Trinajstić information content (AvgIpc) is 3.46. The molecule has 2 N–H and O–H groups in total. The molecule has 3 aromatic rings. The molecule has 1 aliphatic carbocycles. The Morgan fingerprint density at radius 2 is 1.70 bits per heavy atom. The maximum Gasteiger partial charge on any atom is 0.256 e. The van der Waals surface area contributed by atoms with Gasteiger partial charge in [0.2, 0.25) is 0 Å². The van der Waals surface area contributed by atoms with Crippen LogP contribution in [0.25, 0.3) is 11.3 Å². The first kappa shape index (κ1) is 18.4. The van der Waals surface area contributed by atoms with Gasteiger partial charge in [0.15, 0.2) is 0 Å². The van der Waals surface area contributed by atoms with E-state index in [2.05, 4.69) is 21.7 Å². The minimum atomic E-state index is -0.267. The molecule has 30 heavy (non-hydrogen) atoms. The van der Waals surface area contributed by atoms with Gasteiger partial charge in [0.05, 0.1) is 12.3 Å². The Hall–Kier alpha value is -3.67. The van der Waals surface area contributed by atoms with E-state index in [0.29, 0.717) is 29.6 Å². The highest BCUT2D eigenvalue weighted by Crippen LogP contribution is 2.30. The molecule has 2 aromatic carbocycles. The van der Waals surface area contributed by atoms with E-state index < -0.39 is 0 Å². The highest BCUT2D eigenvalue weighted by atomic mass is 16.5. The van der Waals surface area contributed by atoms with Crippen LogP contribution in [0.3, 0.4) is 0 Å². The molecule has 2 aliphatic rings. The third-order valence-electron chi connectivity index (χ3n) is 5.30. The number of benzene rings is 2. The number of amides is 2. The fourth-order valence-electron chi connectivity index (χ4n) is 3.47. The molecule has 6 nitrogen and oxygen atoms in total. The Labute approximate surface area is 174 Å². The first-order chi connectivity index (χ1) is 14.7. The smallest absolute Gasteiger partial charge is 0.256 e. The van der Waals surface area contributed by atoms with Crippen molar-refractivity contribution in [2.24, 2.45) is 0 Å². The molecule has 2 heterocycles. The van der Waals surface area contributed by atoms with Gasteiger partial charge in [0, 0.05) is 29.2 Å². The van der Waals surface area contributed by atoms with Gasteiger partial charge in [-0.15, -0.1) is 0 Å². The van der Waals surface area contributed by atoms with Gasteiger partial charge in [-0.25, -0.2) is 4.98 Å². The summed E-state index contributed by atoms with van der Waals surface area (Å²) in [7, 11) is 0. The van der Waals surface area contributed by atoms with Gasteiger partial charge in [0.25, 0.3) is 11.8 Å². The summed E-state index contributed by atoms with van der Waals surface area (Å²) in [5.74, 6) is 1.04. The number of ether oxygens (including phenoxy) is 1. The molecule has 1 aliphatic heterocycles. The normalized spacial score (nSPS) is 14.5. The van der Waals surface area contributed by atoms with Gasteiger partial charge in [-0.2, -0.15) is 0 Å². The number of carbonyl (C=O) groups excluding carboxylic acids is 2. The molecular weight excluding hydrogens is 378 g/mol. The van der Waals surface area contributed by atoms with Crippen LogP contribution >= 0.6 is 0 Å². The highest BCUT2D eigenvalue weighted by molar-refractivity contribution is 6.04. The second kappa shape index (κ2) is 7.63. The van der Waals surface area contributed by atoms with E-state index in [-0.39, 0.29) is 11.8 Å². The van der Waals surface area contributed by atoms with Crippen LogP contribution in [0.4, 0.5) is 5.82 Å². The number of pyridine rings is 1. The van der Waals surface area contributed by atoms with Crippen molar-refractivity contribution in [3.63, 3.8) is 0 Å². The highest BCUT2D eigenvalue weighted by Gasteiger charge is 2.23. The molecule has 0 spiro atoms. The van der Waals surface area contributed by atoms with Crippen molar-refractivity contribution in [3.05, 3.63) is 77.4 Å². The monoisotopic (exact) mass is 399 g/mol. The van der Waals surface area contributed by atoms with Gasteiger partial charge in [-0.1, -0.05) is 6.07 Å². The summed E-state index contributed by atoms with van der Waals surface area (Å²) in [6.45, 7) is 0.712. The lowest BCUT2D eigenvalue weighted by atomic mass is 10.1. The molecular formula is C24H21N3O3. The van der Waals surface area contributed by atoms with Gasteiger partial charge in [-0.05, 0) is 73.0 Å². The Balaban J connectivity index is 1.29. The predicted molar refractivity (Wildman–Crippen MR) is 114 cm³/mol. The summed E-state index contributed by atoms with van der Waals surface area (Å²) in [6.07, 6.45) is 2.98. The molecule has 0 bridgehead atoms. The van der Waals surface area contributed by atoms with Crippen molar-refractivity contribution in [1.29, 1.82) is 0 Å². The fraction of sp³-hybridized carbons (Fsp3) is 0.208. The number of anilines is 1. The molecule has 1 saturated carbocycles. The molecule has 0 radical (unpaired) electrons. The number of rotatable bonds is 5. The molecule has 1 aromatic heterocycles. The zero-order valence-electron chi connectivity index (χ0n) is 16.4. The van der Waals surface area contributed by atoms with E-state index in [0.717, 1.165) is 36.3 Å². The number of carbonyl (C=O) groups is 2. The molecule has 6 heteroatoms. The van der Waals surface area contributed by atoms with Crippen molar-refractivity contribution in [1.82, 2.24) is 10.3 Å². The zero-order chi connectivity index (χ0) is 20.5. The van der Waals surface area contributed by atoms with Crippen LogP contribution in [0, 0.1) is 0 Å². The molecule has 1 fully saturated rings. The van der Waals surface area contributed by atoms with E-state index in [1.807, 2.05) is 24.3 Å². The van der Waals surface area contributed by atoms with E-state index in [9.17, 15) is 9.59 Å². The molecule has 0 unspecified atom stereocenters. The van der Waals surface area contributed by atoms with Crippen LogP contribution in [0.1, 0.15) is 39.1 Å². The summed E-state index contributed by atoms with van der Waals surface area (Å²) < 4.78 is 5.56. The SMILES string of the molecule is O=C(Nc1cccc(-c2ccc3c(c2)CCO3)n1)c1ccc(C(=O)NC2CC2)cc1. The maximum atomic E-state index is 12.6. The lowest BCUT2D eigenvalue weighted by Crippen LogP contribution is -2.25. The van der Waals surface area contributed by atoms with Crippen LogP contribution < -0.4 is 15.4 Å². The minimum absolute atomic E-state index is 0.0985. The van der Waals surface area contributed by atoms with Gasteiger partial charge in [0.1, 0.15) is 11.6 Å². The Morgan fingerprint density at radius 3 is 2.47 bits per heavy atom. The third-order valence-corrected chi connectivity index (χ3v) is 5.30. The second-order valence-electron chi connectivity index (χ2n) is 7.61. The Bertz CT molecular complexity index is 1120. The summed E-state index contributed by atoms with van der Waals surface area (Å²) in [6, 6.07) is 18.5. The van der Waals surface area contributed by atoms with Crippen LogP contribution in [-0.2, 0) is 6.42 Å². The van der Waals surface area contributed by atoms with Crippen LogP contribution in [0.15, 0.2) is 60.7 Å². The first-order valence-corrected chi connectivity index (χ1v) is 10.1. The largest absolute Gasteiger partial charge is 0.493 e. The summed E-state index contributed by atoms with van der Waals surface area (Å²) >= 11 is 0. The summed E-state index contributed by atoms with van der Waals surface area (Å²) in [5, 5.41) is 5.77. The van der Waals surface area contributed by atoms with Gasteiger partial charge in [-0.3, -0.25) is 9.59 Å². The van der Waals surface area contributed by atoms with Crippen LogP contribution in [0.5, 0.6) is 5.75 Å². The molecule has 150 valence electrons. The molecule has 0 atom stereocenters. The fourth-order valence-corrected chi connectivity index (χ4v) is 3.47. The van der Waals surface area contributed by atoms with Crippen LogP contribution in [-0.4, -0.2) is 29.4 Å². The number of hydrogen-bond acceptors (Lipinski definition) is 4. The second-order valence-corrected chi connectivity index (χ2v) is 7.61. The standard InChI is InChI=1S/C24H21N3O3/c28-23(25-19-9-10-19)15-4-6-16(7-5-15)24(29)27-22-3-1-2-20(26-22)17-8-11-21-18(14-17)12-13-30-21/h1-8,11,14,19H,9-10,12-13H2,(H,25,28)(H,26,27,29). The summed E-state index contributed by atoms with van der Waals surface area (Å²) in [5.41, 5.74) is 3.98. The maximum absolute atomic E-state index is 12.6.